The van der Waals surface area contributed by atoms with Gasteiger partial charge in [-0.3, -0.25) is 4.79 Å². The fourth-order valence-electron chi connectivity index (χ4n) is 3.35. The van der Waals surface area contributed by atoms with Gasteiger partial charge in [0.15, 0.2) is 6.29 Å². The van der Waals surface area contributed by atoms with E-state index in [2.05, 4.69) is 38.1 Å². The van der Waals surface area contributed by atoms with Crippen LogP contribution < -0.4 is 0 Å². The summed E-state index contributed by atoms with van der Waals surface area (Å²) < 4.78 is 11.2. The maximum absolute atomic E-state index is 12.5. The monoisotopic (exact) mass is 329 g/mol. The second-order valence-corrected chi connectivity index (χ2v) is 6.95. The van der Waals surface area contributed by atoms with Crippen molar-refractivity contribution in [1.82, 2.24) is 4.90 Å². The molecule has 0 aliphatic carbocycles. The molecule has 1 unspecified atom stereocenters. The van der Waals surface area contributed by atoms with Crippen molar-refractivity contribution in [1.29, 1.82) is 0 Å². The van der Waals surface area contributed by atoms with Gasteiger partial charge in [0.1, 0.15) is 0 Å². The molecule has 2 aliphatic heterocycles. The molecule has 0 bridgehead atoms. The van der Waals surface area contributed by atoms with Gasteiger partial charge in [0.05, 0.1) is 13.2 Å². The Kier molecular flexibility index (Phi) is 5.69. The molecular weight excluding hydrogens is 302 g/mol. The van der Waals surface area contributed by atoms with Gasteiger partial charge in [-0.05, 0) is 36.0 Å². The molecule has 2 heterocycles. The van der Waals surface area contributed by atoms with Crippen LogP contribution in [0.1, 0.15) is 43.7 Å². The summed E-state index contributed by atoms with van der Waals surface area (Å²) in [4.78, 5) is 14.4. The highest BCUT2D eigenvalue weighted by molar-refractivity contribution is 5.91. The Morgan fingerprint density at radius 3 is 2.58 bits per heavy atom. The lowest BCUT2D eigenvalue weighted by atomic mass is 9.97. The molecule has 1 aromatic rings. The summed E-state index contributed by atoms with van der Waals surface area (Å²) >= 11 is 0. The standard InChI is InChI=1S/C20H27NO3/c1-15(2)17-8-5-16(6-9-17)7-10-19(22)21-11-3-4-18(14-21)20-23-12-13-24-20/h5-10,15,18,20H,3-4,11-14H2,1-2H3/b10-7+. The Morgan fingerprint density at radius 1 is 1.21 bits per heavy atom. The van der Waals surface area contributed by atoms with Crippen LogP contribution in [-0.4, -0.2) is 43.4 Å². The summed E-state index contributed by atoms with van der Waals surface area (Å²) in [5.41, 5.74) is 2.37. The van der Waals surface area contributed by atoms with Crippen molar-refractivity contribution in [2.24, 2.45) is 5.92 Å². The highest BCUT2D eigenvalue weighted by Crippen LogP contribution is 2.25. The van der Waals surface area contributed by atoms with Crippen LogP contribution in [0.4, 0.5) is 0 Å². The quantitative estimate of drug-likeness (QED) is 0.794. The summed E-state index contributed by atoms with van der Waals surface area (Å²) in [6, 6.07) is 8.39. The average Bonchev–Trinajstić information content (AvgIpc) is 3.15. The van der Waals surface area contributed by atoms with E-state index in [-0.39, 0.29) is 12.2 Å². The highest BCUT2D eigenvalue weighted by Gasteiger charge is 2.32. The third-order valence-electron chi connectivity index (χ3n) is 4.82. The number of nitrogens with zero attached hydrogens (tertiary/aromatic N) is 1. The predicted octanol–water partition coefficient (Wildman–Crippen LogP) is 3.43. The molecule has 2 saturated heterocycles. The van der Waals surface area contributed by atoms with Crippen LogP contribution in [0.3, 0.4) is 0 Å². The normalized spacial score (nSPS) is 22.6. The second-order valence-electron chi connectivity index (χ2n) is 6.95. The molecule has 0 radical (unpaired) electrons. The third-order valence-corrected chi connectivity index (χ3v) is 4.82. The minimum Gasteiger partial charge on any atom is -0.350 e. The fraction of sp³-hybridized carbons (Fsp3) is 0.550. The molecule has 1 aromatic carbocycles. The fourth-order valence-corrected chi connectivity index (χ4v) is 3.35. The van der Waals surface area contributed by atoms with Crippen LogP contribution in [0.5, 0.6) is 0 Å². The predicted molar refractivity (Wildman–Crippen MR) is 94.6 cm³/mol. The van der Waals surface area contributed by atoms with E-state index in [0.717, 1.165) is 31.5 Å². The van der Waals surface area contributed by atoms with Crippen molar-refractivity contribution in [3.63, 3.8) is 0 Å². The Bertz CT molecular complexity index is 573. The molecule has 2 aliphatic rings. The molecule has 130 valence electrons. The molecule has 4 nitrogen and oxygen atoms in total. The van der Waals surface area contributed by atoms with Crippen molar-refractivity contribution in [3.05, 3.63) is 41.5 Å². The zero-order valence-corrected chi connectivity index (χ0v) is 14.6. The Hall–Kier alpha value is -1.65. The average molecular weight is 329 g/mol. The van der Waals surface area contributed by atoms with E-state index in [4.69, 9.17) is 9.47 Å². The van der Waals surface area contributed by atoms with Gasteiger partial charge < -0.3 is 14.4 Å². The Morgan fingerprint density at radius 2 is 1.92 bits per heavy atom. The first-order valence-electron chi connectivity index (χ1n) is 8.93. The van der Waals surface area contributed by atoms with Crippen LogP contribution in [0.15, 0.2) is 30.3 Å². The minimum absolute atomic E-state index is 0.0747. The largest absolute Gasteiger partial charge is 0.350 e. The van der Waals surface area contributed by atoms with Crippen molar-refractivity contribution in [2.75, 3.05) is 26.3 Å². The zero-order chi connectivity index (χ0) is 16.9. The van der Waals surface area contributed by atoms with E-state index in [1.165, 1.54) is 5.56 Å². The number of carbonyl (C=O) groups is 1. The van der Waals surface area contributed by atoms with Crippen molar-refractivity contribution >= 4 is 12.0 Å². The smallest absolute Gasteiger partial charge is 0.246 e. The van der Waals surface area contributed by atoms with Crippen LogP contribution in [-0.2, 0) is 14.3 Å². The van der Waals surface area contributed by atoms with Crippen LogP contribution >= 0.6 is 0 Å². The summed E-state index contributed by atoms with van der Waals surface area (Å²) in [6.45, 7) is 7.24. The van der Waals surface area contributed by atoms with Gasteiger partial charge >= 0.3 is 0 Å². The number of hydrogen-bond acceptors (Lipinski definition) is 3. The van der Waals surface area contributed by atoms with Gasteiger partial charge in [-0.15, -0.1) is 0 Å². The summed E-state index contributed by atoms with van der Waals surface area (Å²) in [5, 5.41) is 0. The molecule has 3 rings (SSSR count). The number of benzene rings is 1. The third kappa shape index (κ3) is 4.25. The lowest BCUT2D eigenvalue weighted by Crippen LogP contribution is -2.43. The van der Waals surface area contributed by atoms with Gasteiger partial charge in [0.2, 0.25) is 5.91 Å². The van der Waals surface area contributed by atoms with Gasteiger partial charge in [-0.2, -0.15) is 0 Å². The van der Waals surface area contributed by atoms with Gasteiger partial charge in [-0.1, -0.05) is 38.1 Å². The topological polar surface area (TPSA) is 38.8 Å². The molecule has 0 N–H and O–H groups in total. The number of piperidine rings is 1. The number of rotatable bonds is 4. The molecule has 0 aromatic heterocycles. The summed E-state index contributed by atoms with van der Waals surface area (Å²) in [6.07, 6.45) is 5.53. The number of carbonyl (C=O) groups excluding carboxylic acids is 1. The summed E-state index contributed by atoms with van der Waals surface area (Å²) in [5.74, 6) is 0.893. The number of likely N-dealkylation sites (tertiary alicyclic amines) is 1. The first-order chi connectivity index (χ1) is 11.6. The second kappa shape index (κ2) is 7.95. The van der Waals surface area contributed by atoms with Crippen molar-refractivity contribution < 1.29 is 14.3 Å². The lowest BCUT2D eigenvalue weighted by Gasteiger charge is -2.34. The number of ether oxygens (including phenoxy) is 2. The van der Waals surface area contributed by atoms with Crippen molar-refractivity contribution in [2.45, 2.75) is 38.9 Å². The molecule has 0 saturated carbocycles. The molecule has 24 heavy (non-hydrogen) atoms. The highest BCUT2D eigenvalue weighted by atomic mass is 16.7. The van der Waals surface area contributed by atoms with E-state index in [0.29, 0.717) is 25.0 Å². The van der Waals surface area contributed by atoms with E-state index in [1.807, 2.05) is 11.0 Å². The van der Waals surface area contributed by atoms with Gasteiger partial charge in [0.25, 0.3) is 0 Å². The Balaban J connectivity index is 1.57. The van der Waals surface area contributed by atoms with Gasteiger partial charge in [-0.25, -0.2) is 0 Å². The van der Waals surface area contributed by atoms with Crippen LogP contribution in [0.25, 0.3) is 6.08 Å². The SMILES string of the molecule is CC(C)c1ccc(/C=C/C(=O)N2CCCC(C3OCCO3)C2)cc1. The molecule has 0 spiro atoms. The maximum Gasteiger partial charge on any atom is 0.246 e. The minimum atomic E-state index is -0.131. The van der Waals surface area contributed by atoms with E-state index in [9.17, 15) is 4.79 Å². The molecule has 4 heteroatoms. The molecule has 2 fully saturated rings. The zero-order valence-electron chi connectivity index (χ0n) is 14.6. The van der Waals surface area contributed by atoms with Crippen molar-refractivity contribution in [3.8, 4) is 0 Å². The Labute approximate surface area is 144 Å². The van der Waals surface area contributed by atoms with Gasteiger partial charge in [0, 0.05) is 25.1 Å². The van der Waals surface area contributed by atoms with E-state index < -0.39 is 0 Å². The molecular formula is C20H27NO3. The van der Waals surface area contributed by atoms with Crippen LogP contribution in [0, 0.1) is 5.92 Å². The molecule has 1 amide bonds. The lowest BCUT2D eigenvalue weighted by molar-refractivity contribution is -0.134. The first kappa shape index (κ1) is 17.2. The number of hydrogen-bond donors (Lipinski definition) is 0. The molecule has 1 atom stereocenters. The number of amides is 1. The maximum atomic E-state index is 12.5. The van der Waals surface area contributed by atoms with E-state index in [1.54, 1.807) is 6.08 Å². The van der Waals surface area contributed by atoms with E-state index >= 15 is 0 Å². The van der Waals surface area contributed by atoms with Crippen LogP contribution in [0.2, 0.25) is 0 Å². The first-order valence-corrected chi connectivity index (χ1v) is 8.93. The summed E-state index contributed by atoms with van der Waals surface area (Å²) in [7, 11) is 0.